The summed E-state index contributed by atoms with van der Waals surface area (Å²) in [5.74, 6) is 0.613. The minimum absolute atomic E-state index is 0.613. The van der Waals surface area contributed by atoms with Gasteiger partial charge in [-0.2, -0.15) is 0 Å². The first-order valence-electron chi connectivity index (χ1n) is 5.91. The van der Waals surface area contributed by atoms with Gasteiger partial charge in [0.15, 0.2) is 0 Å². The number of hydrogen-bond donors (Lipinski definition) is 0. The minimum Gasteiger partial charge on any atom is -0.0626 e. The van der Waals surface area contributed by atoms with Gasteiger partial charge in [0.25, 0.3) is 0 Å². The molecule has 0 amide bonds. The Labute approximate surface area is 98.7 Å². The molecule has 0 spiro atoms. The summed E-state index contributed by atoms with van der Waals surface area (Å²) >= 11 is 0. The lowest BCUT2D eigenvalue weighted by atomic mass is 9.90. The second-order valence-electron chi connectivity index (χ2n) is 4.78. The van der Waals surface area contributed by atoms with Crippen molar-refractivity contribution in [3.63, 3.8) is 0 Å². The van der Waals surface area contributed by atoms with Crippen molar-refractivity contribution in [3.8, 4) is 0 Å². The molecule has 0 N–H and O–H groups in total. The molecule has 1 aliphatic carbocycles. The molecule has 1 aromatic rings. The molecule has 0 aliphatic heterocycles. The number of allylic oxidation sites excluding steroid dienone is 4. The highest BCUT2D eigenvalue weighted by molar-refractivity contribution is 5.47. The molecule has 0 heterocycles. The van der Waals surface area contributed by atoms with Crippen molar-refractivity contribution >= 4 is 0 Å². The Kier molecular flexibility index (Phi) is 3.00. The Morgan fingerprint density at radius 3 is 1.94 bits per heavy atom. The van der Waals surface area contributed by atoms with E-state index in [0.717, 1.165) is 6.42 Å². The first kappa shape index (κ1) is 11.2. The molecule has 16 heavy (non-hydrogen) atoms. The highest BCUT2D eigenvalue weighted by atomic mass is 14.3. The summed E-state index contributed by atoms with van der Waals surface area (Å²) in [4.78, 5) is 0. The third-order valence-electron chi connectivity index (χ3n) is 4.02. The third kappa shape index (κ3) is 1.84. The number of hydrogen-bond acceptors (Lipinski definition) is 0. The van der Waals surface area contributed by atoms with Crippen LogP contribution in [0.3, 0.4) is 0 Å². The predicted octanol–water partition coefficient (Wildman–Crippen LogP) is 4.33. The summed E-state index contributed by atoms with van der Waals surface area (Å²) in [5, 5.41) is 0. The van der Waals surface area contributed by atoms with Gasteiger partial charge in [0.2, 0.25) is 0 Å². The average molecular weight is 211 g/mol. The predicted molar refractivity (Wildman–Crippen MR) is 69.2 cm³/mol. The number of rotatable bonds is 2. The van der Waals surface area contributed by atoms with Crippen molar-refractivity contribution in [2.24, 2.45) is 5.92 Å². The molecule has 0 bridgehead atoms. The molecule has 0 atom stereocenters. The van der Waals surface area contributed by atoms with Crippen LogP contribution in [0, 0.1) is 12.0 Å². The monoisotopic (exact) mass is 211 g/mol. The molecule has 2 rings (SSSR count). The maximum Gasteiger partial charge on any atom is 0.00534 e. The Bertz CT molecular complexity index is 422. The molecule has 0 saturated carbocycles. The molecule has 0 fully saturated rings. The van der Waals surface area contributed by atoms with Crippen LogP contribution in [0.1, 0.15) is 33.3 Å². The van der Waals surface area contributed by atoms with Crippen LogP contribution >= 0.6 is 0 Å². The molecule has 1 aromatic carbocycles. The molecule has 0 saturated heterocycles. The fourth-order valence-corrected chi connectivity index (χ4v) is 2.54. The van der Waals surface area contributed by atoms with E-state index in [1.165, 1.54) is 16.7 Å². The Balaban J connectivity index is 2.25. The van der Waals surface area contributed by atoms with Gasteiger partial charge in [0.05, 0.1) is 0 Å². The van der Waals surface area contributed by atoms with Gasteiger partial charge in [-0.05, 0) is 56.9 Å². The van der Waals surface area contributed by atoms with Crippen molar-refractivity contribution in [2.75, 3.05) is 0 Å². The van der Waals surface area contributed by atoms with E-state index in [1.807, 2.05) is 12.1 Å². The summed E-state index contributed by atoms with van der Waals surface area (Å²) in [6.45, 7) is 9.03. The van der Waals surface area contributed by atoms with Crippen molar-refractivity contribution in [3.05, 3.63) is 58.2 Å². The Morgan fingerprint density at radius 1 is 0.938 bits per heavy atom. The van der Waals surface area contributed by atoms with E-state index in [9.17, 15) is 0 Å². The van der Waals surface area contributed by atoms with Crippen molar-refractivity contribution in [2.45, 2.75) is 34.1 Å². The zero-order chi connectivity index (χ0) is 11.7. The van der Waals surface area contributed by atoms with Gasteiger partial charge in [-0.1, -0.05) is 35.4 Å². The molecule has 0 nitrogen and oxygen atoms in total. The summed E-state index contributed by atoms with van der Waals surface area (Å²) in [7, 11) is 0. The first-order chi connectivity index (χ1) is 7.61. The van der Waals surface area contributed by atoms with Gasteiger partial charge in [-0.15, -0.1) is 0 Å². The van der Waals surface area contributed by atoms with Crippen LogP contribution in [0.15, 0.2) is 46.6 Å². The second kappa shape index (κ2) is 4.29. The van der Waals surface area contributed by atoms with Crippen molar-refractivity contribution in [1.29, 1.82) is 0 Å². The van der Waals surface area contributed by atoms with Crippen LogP contribution in [0.4, 0.5) is 0 Å². The lowest BCUT2D eigenvalue weighted by Gasteiger charge is -2.15. The fraction of sp³-hybridized carbons (Fsp3) is 0.375. The lowest BCUT2D eigenvalue weighted by molar-refractivity contribution is 0.717. The van der Waals surface area contributed by atoms with Crippen LogP contribution < -0.4 is 0 Å². The third-order valence-corrected chi connectivity index (χ3v) is 4.02. The van der Waals surface area contributed by atoms with Crippen LogP contribution in [0.2, 0.25) is 0 Å². The zero-order valence-corrected chi connectivity index (χ0v) is 10.6. The second-order valence-corrected chi connectivity index (χ2v) is 4.78. The van der Waals surface area contributed by atoms with Crippen LogP contribution in [0.5, 0.6) is 0 Å². The van der Waals surface area contributed by atoms with E-state index in [0.29, 0.717) is 5.92 Å². The zero-order valence-electron chi connectivity index (χ0n) is 10.6. The highest BCUT2D eigenvalue weighted by Crippen LogP contribution is 2.38. The Morgan fingerprint density at radius 2 is 1.44 bits per heavy atom. The van der Waals surface area contributed by atoms with Gasteiger partial charge in [0.1, 0.15) is 0 Å². The molecular weight excluding hydrogens is 192 g/mol. The van der Waals surface area contributed by atoms with Crippen LogP contribution in [-0.4, -0.2) is 0 Å². The highest BCUT2D eigenvalue weighted by Gasteiger charge is 2.23. The average Bonchev–Trinajstić information content (AvgIpc) is 2.48. The lowest BCUT2D eigenvalue weighted by Crippen LogP contribution is -2.05. The first-order valence-corrected chi connectivity index (χ1v) is 5.91. The van der Waals surface area contributed by atoms with Crippen molar-refractivity contribution < 1.29 is 0 Å². The number of benzene rings is 1. The van der Waals surface area contributed by atoms with Crippen LogP contribution in [0.25, 0.3) is 0 Å². The van der Waals surface area contributed by atoms with Gasteiger partial charge in [-0.3, -0.25) is 0 Å². The molecule has 1 aliphatic rings. The maximum atomic E-state index is 3.07. The van der Waals surface area contributed by atoms with E-state index in [2.05, 4.69) is 45.9 Å². The smallest absolute Gasteiger partial charge is 0.00534 e. The topological polar surface area (TPSA) is 0 Å². The quantitative estimate of drug-likeness (QED) is 0.683. The Hall–Kier alpha value is -1.30. The molecule has 83 valence electrons. The largest absolute Gasteiger partial charge is 0.0626 e. The SMILES string of the molecule is CC1=C(C)C(Cc2cc[c]cc2)C(C)=C1C. The normalized spacial score (nSPS) is 17.5. The minimum atomic E-state index is 0.613. The molecular formula is C16H19. The van der Waals surface area contributed by atoms with E-state index < -0.39 is 0 Å². The fourth-order valence-electron chi connectivity index (χ4n) is 2.54. The van der Waals surface area contributed by atoms with Gasteiger partial charge in [-0.25, -0.2) is 0 Å². The standard InChI is InChI=1S/C16H19/c1-11-12(2)14(4)16(13(11)3)10-15-8-6-5-7-9-15/h6-9,16H,10H2,1-4H3. The summed E-state index contributed by atoms with van der Waals surface area (Å²) < 4.78 is 0. The molecule has 0 heteroatoms. The summed E-state index contributed by atoms with van der Waals surface area (Å²) in [6, 6.07) is 11.4. The summed E-state index contributed by atoms with van der Waals surface area (Å²) in [5.41, 5.74) is 7.48. The van der Waals surface area contributed by atoms with Gasteiger partial charge < -0.3 is 0 Å². The van der Waals surface area contributed by atoms with E-state index in [1.54, 1.807) is 11.1 Å². The molecule has 0 aromatic heterocycles. The maximum absolute atomic E-state index is 3.07. The van der Waals surface area contributed by atoms with E-state index >= 15 is 0 Å². The van der Waals surface area contributed by atoms with Gasteiger partial charge in [0, 0.05) is 5.92 Å². The van der Waals surface area contributed by atoms with Crippen molar-refractivity contribution in [1.82, 2.24) is 0 Å². The van der Waals surface area contributed by atoms with E-state index in [-0.39, 0.29) is 0 Å². The summed E-state index contributed by atoms with van der Waals surface area (Å²) in [6.07, 6.45) is 1.13. The molecule has 1 radical (unpaired) electrons. The van der Waals surface area contributed by atoms with Crippen LogP contribution in [-0.2, 0) is 6.42 Å². The van der Waals surface area contributed by atoms with Gasteiger partial charge >= 0.3 is 0 Å². The van der Waals surface area contributed by atoms with E-state index in [4.69, 9.17) is 0 Å². The molecule has 0 unspecified atom stereocenters.